The van der Waals surface area contributed by atoms with Crippen molar-refractivity contribution < 1.29 is 4.79 Å². The number of anilines is 1. The van der Waals surface area contributed by atoms with Crippen LogP contribution >= 0.6 is 58.8 Å². The van der Waals surface area contributed by atoms with Gasteiger partial charge in [0.25, 0.3) is 5.91 Å². The molecule has 2 aliphatic rings. The highest BCUT2D eigenvalue weighted by molar-refractivity contribution is 7.99. The number of rotatable bonds is 1. The fourth-order valence-corrected chi connectivity index (χ4v) is 4.83. The van der Waals surface area contributed by atoms with Crippen LogP contribution in [0.5, 0.6) is 0 Å². The van der Waals surface area contributed by atoms with Crippen molar-refractivity contribution in [1.29, 1.82) is 0 Å². The summed E-state index contributed by atoms with van der Waals surface area (Å²) < 4.78 is 0. The average molecular weight is 368 g/mol. The SMILES string of the molecule is O=C1C2CCSCN2C(=S)N1c1c(Cl)cc(Cl)cc1Cl. The monoisotopic (exact) mass is 366 g/mol. The Kier molecular flexibility index (Phi) is 4.08. The summed E-state index contributed by atoms with van der Waals surface area (Å²) in [4.78, 5) is 15.9. The van der Waals surface area contributed by atoms with Crippen molar-refractivity contribution in [3.63, 3.8) is 0 Å². The lowest BCUT2D eigenvalue weighted by molar-refractivity contribution is -0.119. The second-order valence-electron chi connectivity index (χ2n) is 4.49. The summed E-state index contributed by atoms with van der Waals surface area (Å²) in [7, 11) is 0. The third kappa shape index (κ3) is 2.29. The molecule has 2 fully saturated rings. The highest BCUT2D eigenvalue weighted by atomic mass is 35.5. The van der Waals surface area contributed by atoms with Gasteiger partial charge >= 0.3 is 0 Å². The van der Waals surface area contributed by atoms with Crippen molar-refractivity contribution in [2.24, 2.45) is 0 Å². The maximum Gasteiger partial charge on any atom is 0.256 e. The Morgan fingerprint density at radius 1 is 1.25 bits per heavy atom. The van der Waals surface area contributed by atoms with E-state index in [0.717, 1.165) is 12.2 Å². The standard InChI is InChI=1S/C12H9Cl3N2OS2/c13-6-3-7(14)10(8(15)4-6)17-11(18)9-1-2-20-5-16(9)12(17)19/h3-4,9H,1-2,5H2. The lowest BCUT2D eigenvalue weighted by Gasteiger charge is -2.27. The zero-order valence-corrected chi connectivity index (χ0v) is 14.0. The molecule has 1 aromatic rings. The van der Waals surface area contributed by atoms with Crippen LogP contribution in [0.3, 0.4) is 0 Å². The van der Waals surface area contributed by atoms with E-state index in [1.807, 2.05) is 4.90 Å². The fraction of sp³-hybridized carbons (Fsp3) is 0.333. The Bertz CT molecular complexity index is 563. The molecule has 0 spiro atoms. The molecular weight excluding hydrogens is 359 g/mol. The van der Waals surface area contributed by atoms with Crippen LogP contribution in [0.25, 0.3) is 0 Å². The summed E-state index contributed by atoms with van der Waals surface area (Å²) in [6.45, 7) is 0. The number of hydrogen-bond acceptors (Lipinski definition) is 3. The molecule has 1 atom stereocenters. The Labute approximate surface area is 141 Å². The summed E-state index contributed by atoms with van der Waals surface area (Å²) in [5.41, 5.74) is 0.423. The molecule has 0 aliphatic carbocycles. The van der Waals surface area contributed by atoms with Gasteiger partial charge in [-0.25, -0.2) is 0 Å². The van der Waals surface area contributed by atoms with Crippen molar-refractivity contribution in [3.8, 4) is 0 Å². The maximum absolute atomic E-state index is 12.6. The number of thioether (sulfide) groups is 1. The minimum Gasteiger partial charge on any atom is -0.327 e. The highest BCUT2D eigenvalue weighted by Gasteiger charge is 2.45. The van der Waals surface area contributed by atoms with E-state index in [0.29, 0.717) is 31.7 Å². The van der Waals surface area contributed by atoms with Crippen LogP contribution in [-0.4, -0.2) is 33.6 Å². The molecule has 0 aromatic heterocycles. The number of benzene rings is 1. The average Bonchev–Trinajstić information content (AvgIpc) is 2.64. The molecular formula is C12H9Cl3N2OS2. The Balaban J connectivity index is 2.06. The molecule has 0 radical (unpaired) electrons. The number of thiocarbonyl (C=S) groups is 1. The summed E-state index contributed by atoms with van der Waals surface area (Å²) in [5.74, 6) is 1.60. The third-order valence-electron chi connectivity index (χ3n) is 3.29. The predicted molar refractivity (Wildman–Crippen MR) is 89.1 cm³/mol. The molecule has 2 heterocycles. The fourth-order valence-electron chi connectivity index (χ4n) is 2.37. The third-order valence-corrected chi connectivity index (χ3v) is 5.49. The lowest BCUT2D eigenvalue weighted by Crippen LogP contribution is -2.38. The minimum absolute atomic E-state index is 0.0681. The molecule has 0 N–H and O–H groups in total. The van der Waals surface area contributed by atoms with Gasteiger partial charge in [-0.2, -0.15) is 0 Å². The van der Waals surface area contributed by atoms with Crippen molar-refractivity contribution in [2.45, 2.75) is 12.5 Å². The Hall–Kier alpha value is -0.200. The quantitative estimate of drug-likeness (QED) is 0.699. The van der Waals surface area contributed by atoms with Gasteiger partial charge in [0.15, 0.2) is 5.11 Å². The van der Waals surface area contributed by atoms with Crippen LogP contribution < -0.4 is 4.90 Å². The Morgan fingerprint density at radius 3 is 2.50 bits per heavy atom. The Morgan fingerprint density at radius 2 is 1.90 bits per heavy atom. The first-order chi connectivity index (χ1) is 9.50. The van der Waals surface area contributed by atoms with Gasteiger partial charge in [0, 0.05) is 5.02 Å². The van der Waals surface area contributed by atoms with E-state index in [-0.39, 0.29) is 11.9 Å². The zero-order valence-electron chi connectivity index (χ0n) is 10.1. The van der Waals surface area contributed by atoms with Crippen LogP contribution in [-0.2, 0) is 4.79 Å². The topological polar surface area (TPSA) is 23.6 Å². The van der Waals surface area contributed by atoms with Crippen LogP contribution in [0.2, 0.25) is 15.1 Å². The first kappa shape index (κ1) is 14.7. The normalized spacial score (nSPS) is 22.4. The second-order valence-corrected chi connectivity index (χ2v) is 7.18. The van der Waals surface area contributed by atoms with Gasteiger partial charge in [0.05, 0.1) is 21.6 Å². The van der Waals surface area contributed by atoms with Crippen molar-refractivity contribution in [2.75, 3.05) is 16.5 Å². The molecule has 20 heavy (non-hydrogen) atoms. The van der Waals surface area contributed by atoms with E-state index in [9.17, 15) is 4.79 Å². The van der Waals surface area contributed by atoms with E-state index < -0.39 is 0 Å². The predicted octanol–water partition coefficient (Wildman–Crippen LogP) is 4.04. The summed E-state index contributed by atoms with van der Waals surface area (Å²) >= 11 is 25.5. The zero-order chi connectivity index (χ0) is 14.4. The number of hydrogen-bond donors (Lipinski definition) is 0. The molecule has 3 nitrogen and oxygen atoms in total. The molecule has 1 aromatic carbocycles. The van der Waals surface area contributed by atoms with Gasteiger partial charge in [-0.15, -0.1) is 11.8 Å². The maximum atomic E-state index is 12.6. The van der Waals surface area contributed by atoms with Gasteiger partial charge in [-0.1, -0.05) is 34.8 Å². The molecule has 1 amide bonds. The summed E-state index contributed by atoms with van der Waals surface area (Å²) in [6.07, 6.45) is 0.781. The minimum atomic E-state index is -0.202. The molecule has 2 aliphatic heterocycles. The molecule has 0 saturated carbocycles. The molecule has 2 saturated heterocycles. The summed E-state index contributed by atoms with van der Waals surface area (Å²) in [5, 5.41) is 1.53. The molecule has 1 unspecified atom stereocenters. The van der Waals surface area contributed by atoms with E-state index in [2.05, 4.69) is 0 Å². The lowest BCUT2D eigenvalue weighted by atomic mass is 10.2. The first-order valence-electron chi connectivity index (χ1n) is 5.87. The van der Waals surface area contributed by atoms with E-state index >= 15 is 0 Å². The van der Waals surface area contributed by atoms with Gasteiger partial charge in [0.1, 0.15) is 6.04 Å². The molecule has 106 valence electrons. The van der Waals surface area contributed by atoms with E-state index in [1.54, 1.807) is 23.9 Å². The second kappa shape index (κ2) is 5.54. The number of nitrogens with zero attached hydrogens (tertiary/aromatic N) is 2. The van der Waals surface area contributed by atoms with Gasteiger partial charge in [0.2, 0.25) is 0 Å². The van der Waals surface area contributed by atoms with Crippen LogP contribution in [0, 0.1) is 0 Å². The molecule has 0 bridgehead atoms. The largest absolute Gasteiger partial charge is 0.327 e. The van der Waals surface area contributed by atoms with Gasteiger partial charge in [-0.3, -0.25) is 9.69 Å². The molecule has 3 rings (SSSR count). The van der Waals surface area contributed by atoms with Crippen LogP contribution in [0.4, 0.5) is 5.69 Å². The van der Waals surface area contributed by atoms with Crippen molar-refractivity contribution in [3.05, 3.63) is 27.2 Å². The van der Waals surface area contributed by atoms with Crippen molar-refractivity contribution >= 4 is 75.5 Å². The van der Waals surface area contributed by atoms with Gasteiger partial charge < -0.3 is 4.90 Å². The van der Waals surface area contributed by atoms with E-state index in [4.69, 9.17) is 47.0 Å². The van der Waals surface area contributed by atoms with Crippen LogP contribution in [0.15, 0.2) is 12.1 Å². The number of fused-ring (bicyclic) bond motifs is 1. The first-order valence-corrected chi connectivity index (χ1v) is 8.57. The van der Waals surface area contributed by atoms with Crippen LogP contribution in [0.1, 0.15) is 6.42 Å². The van der Waals surface area contributed by atoms with Crippen molar-refractivity contribution in [1.82, 2.24) is 4.90 Å². The summed E-state index contributed by atoms with van der Waals surface area (Å²) in [6, 6.07) is 2.92. The number of halogens is 3. The number of amides is 1. The highest BCUT2D eigenvalue weighted by Crippen LogP contribution is 2.41. The smallest absolute Gasteiger partial charge is 0.256 e. The molecule has 8 heteroatoms. The number of carbonyl (C=O) groups excluding carboxylic acids is 1. The van der Waals surface area contributed by atoms with Gasteiger partial charge in [-0.05, 0) is 36.5 Å². The number of carbonyl (C=O) groups is 1. The van der Waals surface area contributed by atoms with E-state index in [1.165, 1.54) is 4.90 Å².